The molecule has 6 atom stereocenters. The Morgan fingerprint density at radius 3 is 3.00 bits per heavy atom. The number of hydrogen-bond acceptors (Lipinski definition) is 5. The first-order valence-corrected chi connectivity index (χ1v) is 6.75. The monoisotopic (exact) mass is 278 g/mol. The minimum absolute atomic E-state index is 0.180. The van der Waals surface area contributed by atoms with E-state index < -0.39 is 24.0 Å². The molecule has 4 aliphatic rings. The third-order valence-corrected chi connectivity index (χ3v) is 4.81. The van der Waals surface area contributed by atoms with Crippen molar-refractivity contribution in [1.29, 1.82) is 0 Å². The summed E-state index contributed by atoms with van der Waals surface area (Å²) < 4.78 is 16.9. The topological polar surface area (TPSA) is 82.1 Å². The summed E-state index contributed by atoms with van der Waals surface area (Å²) in [6.07, 6.45) is 4.54. The van der Waals surface area contributed by atoms with Gasteiger partial charge < -0.3 is 19.3 Å². The Kier molecular flexibility index (Phi) is 2.17. The second-order valence-electron chi connectivity index (χ2n) is 5.64. The molecule has 2 fully saturated rings. The van der Waals surface area contributed by atoms with Gasteiger partial charge in [0, 0.05) is 5.92 Å². The Morgan fingerprint density at radius 1 is 1.50 bits per heavy atom. The summed E-state index contributed by atoms with van der Waals surface area (Å²) in [5.41, 5.74) is -0.679. The lowest BCUT2D eigenvalue weighted by Gasteiger charge is -2.32. The average molecular weight is 278 g/mol. The molecule has 2 saturated heterocycles. The number of hydrogen-bond donors (Lipinski definition) is 1. The van der Waals surface area contributed by atoms with Crippen molar-refractivity contribution in [3.05, 3.63) is 24.0 Å². The molecule has 1 N–H and O–H groups in total. The van der Waals surface area contributed by atoms with Crippen molar-refractivity contribution in [3.8, 4) is 0 Å². The van der Waals surface area contributed by atoms with Gasteiger partial charge in [0.1, 0.15) is 6.10 Å². The number of allylic oxidation sites excluding steroid dienone is 1. The van der Waals surface area contributed by atoms with Crippen LogP contribution in [-0.2, 0) is 23.8 Å². The average Bonchev–Trinajstić information content (AvgIpc) is 3.00. The lowest BCUT2D eigenvalue weighted by Crippen LogP contribution is -2.43. The Balaban J connectivity index is 1.78. The zero-order valence-corrected chi connectivity index (χ0v) is 10.8. The van der Waals surface area contributed by atoms with Gasteiger partial charge in [-0.1, -0.05) is 13.0 Å². The van der Waals surface area contributed by atoms with Crippen molar-refractivity contribution in [3.63, 3.8) is 0 Å². The zero-order valence-electron chi connectivity index (χ0n) is 10.8. The van der Waals surface area contributed by atoms with E-state index in [1.807, 2.05) is 6.92 Å². The van der Waals surface area contributed by atoms with Gasteiger partial charge in [0.15, 0.2) is 5.60 Å². The Morgan fingerprint density at radius 2 is 2.30 bits per heavy atom. The maximum Gasteiger partial charge on any atom is 0.335 e. The number of ether oxygens (including phenoxy) is 3. The molecule has 0 aromatic carbocycles. The van der Waals surface area contributed by atoms with Crippen molar-refractivity contribution in [1.82, 2.24) is 0 Å². The molecule has 1 aliphatic carbocycles. The molecule has 0 amide bonds. The summed E-state index contributed by atoms with van der Waals surface area (Å²) in [6, 6.07) is 0. The van der Waals surface area contributed by atoms with E-state index in [4.69, 9.17) is 14.2 Å². The second-order valence-corrected chi connectivity index (χ2v) is 5.64. The van der Waals surface area contributed by atoms with Crippen LogP contribution in [0.2, 0.25) is 0 Å². The first kappa shape index (κ1) is 12.0. The fourth-order valence-corrected chi connectivity index (χ4v) is 3.92. The van der Waals surface area contributed by atoms with Crippen LogP contribution in [0.15, 0.2) is 24.0 Å². The minimum Gasteiger partial charge on any atom is -0.478 e. The number of carbonyl (C=O) groups excluding carboxylic acids is 1. The number of carboxylic acids is 1. The summed E-state index contributed by atoms with van der Waals surface area (Å²) in [6.45, 7) is 1.91. The number of rotatable bonds is 2. The number of carboxylic acid groups (broad SMARTS) is 1. The van der Waals surface area contributed by atoms with Crippen molar-refractivity contribution < 1.29 is 28.9 Å². The SMILES string of the molecule is CCC1C(=O)OC23C=C[C@@H]4C(C(=O)O)=CO[C@H](O[C@@H]12)[C@@H]43. The number of aliphatic carboxylic acids is 1. The highest BCUT2D eigenvalue weighted by Gasteiger charge is 2.71. The molecule has 4 rings (SSSR count). The molecule has 3 heterocycles. The molecule has 0 aromatic rings. The van der Waals surface area contributed by atoms with Gasteiger partial charge in [-0.15, -0.1) is 0 Å². The molecule has 0 bridgehead atoms. The summed E-state index contributed by atoms with van der Waals surface area (Å²) in [5.74, 6) is -2.24. The van der Waals surface area contributed by atoms with Gasteiger partial charge >= 0.3 is 11.9 Å². The van der Waals surface area contributed by atoms with Gasteiger partial charge in [-0.05, 0) is 12.5 Å². The smallest absolute Gasteiger partial charge is 0.335 e. The first-order chi connectivity index (χ1) is 9.58. The third kappa shape index (κ3) is 1.18. The predicted octanol–water partition coefficient (Wildman–Crippen LogP) is 0.834. The summed E-state index contributed by atoms with van der Waals surface area (Å²) in [5, 5.41) is 9.24. The number of esters is 1. The van der Waals surface area contributed by atoms with Gasteiger partial charge in [0.2, 0.25) is 6.29 Å². The van der Waals surface area contributed by atoms with E-state index in [0.717, 1.165) is 0 Å². The van der Waals surface area contributed by atoms with Crippen LogP contribution in [0.4, 0.5) is 0 Å². The lowest BCUT2D eigenvalue weighted by atomic mass is 9.77. The molecular formula is C14H14O6. The van der Waals surface area contributed by atoms with E-state index in [1.165, 1.54) is 6.26 Å². The van der Waals surface area contributed by atoms with Crippen LogP contribution in [0, 0.1) is 17.8 Å². The highest BCUT2D eigenvalue weighted by Crippen LogP contribution is 2.58. The maximum absolute atomic E-state index is 12.0. The Hall–Kier alpha value is -1.82. The first-order valence-electron chi connectivity index (χ1n) is 6.75. The van der Waals surface area contributed by atoms with E-state index >= 15 is 0 Å². The largest absolute Gasteiger partial charge is 0.478 e. The molecular weight excluding hydrogens is 264 g/mol. The standard InChI is InChI=1S/C14H14O6/c1-2-6-10-14(20-12(6)17)4-3-7-8(11(15)16)5-18-13(19-10)9(7)14/h3-7,9-10,13H,2H2,1H3,(H,15,16)/t6?,7-,9-,10+,13-,14?/m1/s1. The molecule has 2 unspecified atom stereocenters. The van der Waals surface area contributed by atoms with E-state index in [0.29, 0.717) is 6.42 Å². The van der Waals surface area contributed by atoms with E-state index in [1.54, 1.807) is 12.2 Å². The zero-order chi connectivity index (χ0) is 14.1. The molecule has 6 heteroatoms. The van der Waals surface area contributed by atoms with Crippen molar-refractivity contribution in [2.24, 2.45) is 17.8 Å². The highest BCUT2D eigenvalue weighted by atomic mass is 16.7. The van der Waals surface area contributed by atoms with Crippen LogP contribution >= 0.6 is 0 Å². The van der Waals surface area contributed by atoms with Crippen molar-refractivity contribution in [2.75, 3.05) is 0 Å². The second kappa shape index (κ2) is 3.63. The van der Waals surface area contributed by atoms with Crippen LogP contribution < -0.4 is 0 Å². The molecule has 106 valence electrons. The molecule has 0 radical (unpaired) electrons. The fourth-order valence-electron chi connectivity index (χ4n) is 3.92. The van der Waals surface area contributed by atoms with Crippen molar-refractivity contribution >= 4 is 11.9 Å². The van der Waals surface area contributed by atoms with Crippen LogP contribution in [-0.4, -0.2) is 35.0 Å². The predicted molar refractivity (Wildman–Crippen MR) is 64.2 cm³/mol. The molecule has 0 saturated carbocycles. The van der Waals surface area contributed by atoms with Gasteiger partial charge in [0.05, 0.1) is 23.7 Å². The van der Waals surface area contributed by atoms with E-state index in [9.17, 15) is 14.7 Å². The van der Waals surface area contributed by atoms with Crippen LogP contribution in [0.1, 0.15) is 13.3 Å². The molecule has 1 spiro atoms. The number of carbonyl (C=O) groups is 2. The van der Waals surface area contributed by atoms with Crippen LogP contribution in [0.3, 0.4) is 0 Å². The van der Waals surface area contributed by atoms with Gasteiger partial charge in [-0.2, -0.15) is 0 Å². The summed E-state index contributed by atoms with van der Waals surface area (Å²) in [4.78, 5) is 23.3. The fraction of sp³-hybridized carbons (Fsp3) is 0.571. The third-order valence-electron chi connectivity index (χ3n) is 4.81. The Bertz CT molecular complexity index is 564. The van der Waals surface area contributed by atoms with Gasteiger partial charge in [-0.25, -0.2) is 4.79 Å². The van der Waals surface area contributed by atoms with Gasteiger partial charge in [-0.3, -0.25) is 4.79 Å². The molecule has 6 nitrogen and oxygen atoms in total. The highest BCUT2D eigenvalue weighted by molar-refractivity contribution is 5.88. The van der Waals surface area contributed by atoms with Gasteiger partial charge in [0.25, 0.3) is 0 Å². The van der Waals surface area contributed by atoms with E-state index in [2.05, 4.69) is 0 Å². The molecule has 0 aromatic heterocycles. The quantitative estimate of drug-likeness (QED) is 0.595. The molecule has 3 aliphatic heterocycles. The van der Waals surface area contributed by atoms with Crippen LogP contribution in [0.25, 0.3) is 0 Å². The summed E-state index contributed by atoms with van der Waals surface area (Å²) in [7, 11) is 0. The lowest BCUT2D eigenvalue weighted by molar-refractivity contribution is -0.162. The maximum atomic E-state index is 12.0. The minimum atomic E-state index is -1.02. The normalized spacial score (nSPS) is 47.4. The Labute approximate surface area is 115 Å². The van der Waals surface area contributed by atoms with Crippen molar-refractivity contribution in [2.45, 2.75) is 31.3 Å². The molecule has 20 heavy (non-hydrogen) atoms. The summed E-state index contributed by atoms with van der Waals surface area (Å²) >= 11 is 0. The van der Waals surface area contributed by atoms with E-state index in [-0.39, 0.29) is 29.3 Å². The van der Waals surface area contributed by atoms with Crippen LogP contribution in [0.5, 0.6) is 0 Å².